The molecule has 6 heteroatoms. The number of hydrazone groups is 1. The van der Waals surface area contributed by atoms with Gasteiger partial charge in [0.1, 0.15) is 5.75 Å². The molecule has 74 valence electrons. The van der Waals surface area contributed by atoms with Crippen molar-refractivity contribution in [1.29, 1.82) is 0 Å². The minimum Gasteiger partial charge on any atom is -0.507 e. The van der Waals surface area contributed by atoms with E-state index in [4.69, 9.17) is 5.21 Å². The Kier molecular flexibility index (Phi) is 3.45. The van der Waals surface area contributed by atoms with Crippen molar-refractivity contribution in [2.24, 2.45) is 5.10 Å². The van der Waals surface area contributed by atoms with Gasteiger partial charge in [-0.2, -0.15) is 5.10 Å². The molecule has 1 aromatic carbocycles. The third kappa shape index (κ3) is 2.76. The summed E-state index contributed by atoms with van der Waals surface area (Å²) in [5.74, 6) is 0.0578. The standard InChI is InChI=1S/C8H9N3O3/c12-7-4-2-1-3-6(7)5-9-10-8(13)11-14/h1-5,12,14H,(H2,10,11,13)/b9-5+. The molecule has 0 aliphatic rings. The first-order valence-electron chi connectivity index (χ1n) is 3.75. The molecule has 0 bridgehead atoms. The summed E-state index contributed by atoms with van der Waals surface area (Å²) in [7, 11) is 0. The summed E-state index contributed by atoms with van der Waals surface area (Å²) in [6, 6.07) is 5.65. The number of amides is 2. The normalized spacial score (nSPS) is 10.1. The van der Waals surface area contributed by atoms with Gasteiger partial charge in [0, 0.05) is 5.56 Å². The second-order valence-corrected chi connectivity index (χ2v) is 2.37. The molecule has 4 N–H and O–H groups in total. The fourth-order valence-corrected chi connectivity index (χ4v) is 0.782. The van der Waals surface area contributed by atoms with E-state index in [-0.39, 0.29) is 5.75 Å². The fraction of sp³-hybridized carbons (Fsp3) is 0. The Morgan fingerprint density at radius 2 is 2.14 bits per heavy atom. The van der Waals surface area contributed by atoms with Crippen LogP contribution >= 0.6 is 0 Å². The van der Waals surface area contributed by atoms with E-state index < -0.39 is 6.03 Å². The number of nitrogens with one attached hydrogen (secondary N) is 2. The molecule has 0 saturated heterocycles. The van der Waals surface area contributed by atoms with Gasteiger partial charge in [-0.15, -0.1) is 0 Å². The van der Waals surface area contributed by atoms with Crippen LogP contribution in [0.3, 0.4) is 0 Å². The molecule has 0 unspecified atom stereocenters. The molecule has 0 atom stereocenters. The molecular weight excluding hydrogens is 186 g/mol. The quantitative estimate of drug-likeness (QED) is 0.313. The SMILES string of the molecule is O=C(NO)N/N=C/c1ccccc1O. The van der Waals surface area contributed by atoms with E-state index in [1.165, 1.54) is 17.8 Å². The van der Waals surface area contributed by atoms with Gasteiger partial charge >= 0.3 is 6.03 Å². The lowest BCUT2D eigenvalue weighted by Crippen LogP contribution is -2.29. The number of rotatable bonds is 2. The van der Waals surface area contributed by atoms with Crippen LogP contribution in [0.2, 0.25) is 0 Å². The monoisotopic (exact) mass is 195 g/mol. The molecule has 0 heterocycles. The Morgan fingerprint density at radius 3 is 2.79 bits per heavy atom. The summed E-state index contributed by atoms with van der Waals surface area (Å²) in [4.78, 5) is 10.4. The van der Waals surface area contributed by atoms with E-state index >= 15 is 0 Å². The summed E-state index contributed by atoms with van der Waals surface area (Å²) >= 11 is 0. The topological polar surface area (TPSA) is 94.0 Å². The fourth-order valence-electron chi connectivity index (χ4n) is 0.782. The number of benzene rings is 1. The number of carbonyl (C=O) groups excluding carboxylic acids is 1. The zero-order valence-electron chi connectivity index (χ0n) is 7.14. The van der Waals surface area contributed by atoms with Gasteiger partial charge in [0.05, 0.1) is 6.21 Å². The van der Waals surface area contributed by atoms with Gasteiger partial charge in [0.25, 0.3) is 0 Å². The largest absolute Gasteiger partial charge is 0.507 e. The van der Waals surface area contributed by atoms with Gasteiger partial charge in [-0.05, 0) is 12.1 Å². The lowest BCUT2D eigenvalue weighted by atomic mass is 10.2. The van der Waals surface area contributed by atoms with Gasteiger partial charge in [0.15, 0.2) is 0 Å². The minimum atomic E-state index is -0.850. The molecule has 0 saturated carbocycles. The third-order valence-electron chi connectivity index (χ3n) is 1.41. The predicted molar refractivity (Wildman–Crippen MR) is 49.2 cm³/mol. The number of nitrogens with zero attached hydrogens (tertiary/aromatic N) is 1. The van der Waals surface area contributed by atoms with Gasteiger partial charge in [-0.25, -0.2) is 15.7 Å². The number of carbonyl (C=O) groups is 1. The maximum Gasteiger partial charge on any atom is 0.358 e. The van der Waals surface area contributed by atoms with Gasteiger partial charge < -0.3 is 5.11 Å². The molecular formula is C8H9N3O3. The van der Waals surface area contributed by atoms with E-state index in [0.29, 0.717) is 5.56 Å². The van der Waals surface area contributed by atoms with E-state index in [1.54, 1.807) is 18.2 Å². The van der Waals surface area contributed by atoms with Crippen LogP contribution in [0.25, 0.3) is 0 Å². The Bertz CT molecular complexity index is 351. The van der Waals surface area contributed by atoms with Crippen molar-refractivity contribution in [1.82, 2.24) is 10.9 Å². The molecule has 2 amide bonds. The van der Waals surface area contributed by atoms with Crippen LogP contribution in [-0.2, 0) is 0 Å². The molecule has 0 aromatic heterocycles. The second-order valence-electron chi connectivity index (χ2n) is 2.37. The Morgan fingerprint density at radius 1 is 1.43 bits per heavy atom. The molecule has 14 heavy (non-hydrogen) atoms. The van der Waals surface area contributed by atoms with Crippen LogP contribution in [0, 0.1) is 0 Å². The molecule has 0 aliphatic heterocycles. The van der Waals surface area contributed by atoms with Crippen LogP contribution < -0.4 is 10.9 Å². The highest BCUT2D eigenvalue weighted by Crippen LogP contribution is 2.12. The van der Waals surface area contributed by atoms with Crippen molar-refractivity contribution >= 4 is 12.2 Å². The number of phenolic OH excluding ortho intramolecular Hbond substituents is 1. The first-order valence-corrected chi connectivity index (χ1v) is 3.75. The number of hydroxylamine groups is 1. The van der Waals surface area contributed by atoms with E-state index in [1.807, 2.05) is 5.43 Å². The number of urea groups is 1. The number of aromatic hydroxyl groups is 1. The first kappa shape index (κ1) is 10.0. The number of phenols is 1. The summed E-state index contributed by atoms with van der Waals surface area (Å²) in [6.07, 6.45) is 1.25. The minimum absolute atomic E-state index is 0.0578. The van der Waals surface area contributed by atoms with Crippen molar-refractivity contribution in [3.63, 3.8) is 0 Å². The third-order valence-corrected chi connectivity index (χ3v) is 1.41. The van der Waals surface area contributed by atoms with Crippen LogP contribution in [0.4, 0.5) is 4.79 Å². The van der Waals surface area contributed by atoms with Gasteiger partial charge in [-0.3, -0.25) is 5.21 Å². The Hall–Kier alpha value is -2.08. The number of hydrogen-bond acceptors (Lipinski definition) is 4. The lowest BCUT2D eigenvalue weighted by molar-refractivity contribution is 0.162. The van der Waals surface area contributed by atoms with Crippen molar-refractivity contribution in [2.45, 2.75) is 0 Å². The second kappa shape index (κ2) is 4.83. The first-order chi connectivity index (χ1) is 6.74. The summed E-state index contributed by atoms with van der Waals surface area (Å²) in [5.41, 5.74) is 3.77. The zero-order chi connectivity index (χ0) is 10.4. The van der Waals surface area contributed by atoms with Crippen molar-refractivity contribution < 1.29 is 15.1 Å². The highest BCUT2D eigenvalue weighted by atomic mass is 16.5. The van der Waals surface area contributed by atoms with Crippen molar-refractivity contribution in [2.75, 3.05) is 0 Å². The van der Waals surface area contributed by atoms with Crippen molar-refractivity contribution in [3.05, 3.63) is 29.8 Å². The van der Waals surface area contributed by atoms with Gasteiger partial charge in [-0.1, -0.05) is 12.1 Å². The van der Waals surface area contributed by atoms with Crippen LogP contribution in [0.5, 0.6) is 5.75 Å². The molecule has 0 fully saturated rings. The predicted octanol–water partition coefficient (Wildman–Crippen LogP) is 0.415. The Balaban J connectivity index is 2.60. The Labute approximate surface area is 79.8 Å². The maximum absolute atomic E-state index is 10.4. The van der Waals surface area contributed by atoms with E-state index in [9.17, 15) is 9.90 Å². The zero-order valence-corrected chi connectivity index (χ0v) is 7.14. The van der Waals surface area contributed by atoms with E-state index in [0.717, 1.165) is 0 Å². The molecule has 0 spiro atoms. The average molecular weight is 195 g/mol. The lowest BCUT2D eigenvalue weighted by Gasteiger charge is -1.97. The van der Waals surface area contributed by atoms with Crippen LogP contribution in [0.15, 0.2) is 29.4 Å². The smallest absolute Gasteiger partial charge is 0.358 e. The average Bonchev–Trinajstić information content (AvgIpc) is 2.20. The van der Waals surface area contributed by atoms with Crippen LogP contribution in [-0.4, -0.2) is 22.6 Å². The van der Waals surface area contributed by atoms with Crippen LogP contribution in [0.1, 0.15) is 5.56 Å². The molecule has 1 rings (SSSR count). The molecule has 6 nitrogen and oxygen atoms in total. The van der Waals surface area contributed by atoms with E-state index in [2.05, 4.69) is 5.10 Å². The summed E-state index contributed by atoms with van der Waals surface area (Å²) in [5, 5.41) is 20.8. The maximum atomic E-state index is 10.4. The summed E-state index contributed by atoms with van der Waals surface area (Å²) < 4.78 is 0. The number of hydrogen-bond donors (Lipinski definition) is 4. The highest BCUT2D eigenvalue weighted by Gasteiger charge is 1.95. The molecule has 0 radical (unpaired) electrons. The number of para-hydroxylation sites is 1. The molecule has 0 aliphatic carbocycles. The van der Waals surface area contributed by atoms with Gasteiger partial charge in [0.2, 0.25) is 0 Å². The highest BCUT2D eigenvalue weighted by molar-refractivity contribution is 5.84. The summed E-state index contributed by atoms with van der Waals surface area (Å²) in [6.45, 7) is 0. The van der Waals surface area contributed by atoms with Crippen molar-refractivity contribution in [3.8, 4) is 5.75 Å². The molecule has 1 aromatic rings.